The van der Waals surface area contributed by atoms with Crippen LogP contribution in [0.25, 0.3) is 0 Å². The number of amides is 1. The maximum Gasteiger partial charge on any atom is 0.241 e. The predicted octanol–water partition coefficient (Wildman–Crippen LogP) is 2.35. The highest BCUT2D eigenvalue weighted by atomic mass is 79.9. The standard InChI is InChI=1S/C12H17BrN2O2/c1-4-15(2)12(16)8-14-10-7-9(13)5-6-11(10)17-3/h5-7,14H,4,8H2,1-3H3. The number of benzene rings is 1. The van der Waals surface area contributed by atoms with Gasteiger partial charge in [-0.2, -0.15) is 0 Å². The van der Waals surface area contributed by atoms with Crippen LogP contribution in [0.4, 0.5) is 5.69 Å². The lowest BCUT2D eigenvalue weighted by Crippen LogP contribution is -2.31. The van der Waals surface area contributed by atoms with E-state index >= 15 is 0 Å². The van der Waals surface area contributed by atoms with Crippen LogP contribution in [0.15, 0.2) is 22.7 Å². The van der Waals surface area contributed by atoms with Crippen molar-refractivity contribution >= 4 is 27.5 Å². The van der Waals surface area contributed by atoms with Gasteiger partial charge in [-0.1, -0.05) is 15.9 Å². The van der Waals surface area contributed by atoms with E-state index in [0.29, 0.717) is 6.54 Å². The largest absolute Gasteiger partial charge is 0.495 e. The molecule has 4 nitrogen and oxygen atoms in total. The monoisotopic (exact) mass is 300 g/mol. The molecule has 0 aliphatic rings. The van der Waals surface area contributed by atoms with Gasteiger partial charge in [-0.3, -0.25) is 4.79 Å². The average Bonchev–Trinajstić information content (AvgIpc) is 2.35. The molecule has 1 aromatic carbocycles. The summed E-state index contributed by atoms with van der Waals surface area (Å²) in [5.41, 5.74) is 0.805. The topological polar surface area (TPSA) is 41.6 Å². The number of hydrogen-bond donors (Lipinski definition) is 1. The number of anilines is 1. The molecule has 0 saturated carbocycles. The molecular formula is C12H17BrN2O2. The average molecular weight is 301 g/mol. The van der Waals surface area contributed by atoms with Crippen LogP contribution in [-0.4, -0.2) is 38.1 Å². The zero-order valence-electron chi connectivity index (χ0n) is 10.3. The molecule has 17 heavy (non-hydrogen) atoms. The molecule has 0 spiro atoms. The van der Waals surface area contributed by atoms with Crippen molar-refractivity contribution in [1.29, 1.82) is 0 Å². The van der Waals surface area contributed by atoms with Gasteiger partial charge in [-0.05, 0) is 25.1 Å². The van der Waals surface area contributed by atoms with E-state index in [1.807, 2.05) is 25.1 Å². The van der Waals surface area contributed by atoms with Gasteiger partial charge in [0.15, 0.2) is 0 Å². The summed E-state index contributed by atoms with van der Waals surface area (Å²) in [7, 11) is 3.39. The van der Waals surface area contributed by atoms with E-state index in [0.717, 1.165) is 15.9 Å². The molecule has 0 bridgehead atoms. The number of nitrogens with one attached hydrogen (secondary N) is 1. The molecule has 0 aromatic heterocycles. The predicted molar refractivity (Wildman–Crippen MR) is 72.5 cm³/mol. The fraction of sp³-hybridized carbons (Fsp3) is 0.417. The number of methoxy groups -OCH3 is 1. The molecule has 5 heteroatoms. The van der Waals surface area contributed by atoms with E-state index in [4.69, 9.17) is 4.74 Å². The Balaban J connectivity index is 2.68. The Labute approximate surface area is 110 Å². The molecule has 0 aliphatic heterocycles. The Morgan fingerprint density at radius 2 is 2.24 bits per heavy atom. The molecule has 0 saturated heterocycles. The first-order chi connectivity index (χ1) is 8.08. The van der Waals surface area contributed by atoms with Gasteiger partial charge in [0.2, 0.25) is 5.91 Å². The SMILES string of the molecule is CCN(C)C(=O)CNc1cc(Br)ccc1OC. The third kappa shape index (κ3) is 3.93. The molecule has 0 radical (unpaired) electrons. The molecule has 1 amide bonds. The van der Waals surface area contributed by atoms with E-state index in [9.17, 15) is 4.79 Å². The molecule has 0 heterocycles. The quantitative estimate of drug-likeness (QED) is 0.907. The Morgan fingerprint density at radius 1 is 1.53 bits per heavy atom. The van der Waals surface area contributed by atoms with Gasteiger partial charge in [0.1, 0.15) is 5.75 Å². The minimum absolute atomic E-state index is 0.0505. The summed E-state index contributed by atoms with van der Waals surface area (Å²) >= 11 is 3.38. The first kappa shape index (κ1) is 13.8. The van der Waals surface area contributed by atoms with Gasteiger partial charge in [0.25, 0.3) is 0 Å². The number of carbonyl (C=O) groups is 1. The lowest BCUT2D eigenvalue weighted by atomic mass is 10.3. The summed E-state index contributed by atoms with van der Waals surface area (Å²) in [5, 5.41) is 3.07. The van der Waals surface area contributed by atoms with Gasteiger partial charge in [-0.15, -0.1) is 0 Å². The Bertz CT molecular complexity index is 396. The molecule has 1 aromatic rings. The molecule has 94 valence electrons. The van der Waals surface area contributed by atoms with Crippen molar-refractivity contribution in [3.63, 3.8) is 0 Å². The zero-order valence-corrected chi connectivity index (χ0v) is 11.9. The lowest BCUT2D eigenvalue weighted by molar-refractivity contribution is -0.127. The van der Waals surface area contributed by atoms with Gasteiger partial charge in [0, 0.05) is 18.1 Å². The van der Waals surface area contributed by atoms with Gasteiger partial charge < -0.3 is 15.0 Å². The summed E-state index contributed by atoms with van der Waals surface area (Å²) < 4.78 is 6.15. The first-order valence-electron chi connectivity index (χ1n) is 5.39. The minimum Gasteiger partial charge on any atom is -0.495 e. The van der Waals surface area contributed by atoms with Crippen LogP contribution in [0.1, 0.15) is 6.92 Å². The highest BCUT2D eigenvalue weighted by Crippen LogP contribution is 2.27. The number of hydrogen-bond acceptors (Lipinski definition) is 3. The molecule has 1 rings (SSSR count). The number of halogens is 1. The Morgan fingerprint density at radius 3 is 2.82 bits per heavy atom. The van der Waals surface area contributed by atoms with Crippen LogP contribution < -0.4 is 10.1 Å². The van der Waals surface area contributed by atoms with Crippen LogP contribution in [0.2, 0.25) is 0 Å². The molecule has 0 fully saturated rings. The van der Waals surface area contributed by atoms with E-state index in [1.54, 1.807) is 19.1 Å². The highest BCUT2D eigenvalue weighted by Gasteiger charge is 2.08. The van der Waals surface area contributed by atoms with Crippen molar-refractivity contribution in [2.75, 3.05) is 32.6 Å². The van der Waals surface area contributed by atoms with Crippen molar-refractivity contribution in [3.8, 4) is 5.75 Å². The number of rotatable bonds is 5. The number of likely N-dealkylation sites (N-methyl/N-ethyl adjacent to an activating group) is 1. The van der Waals surface area contributed by atoms with Crippen LogP contribution in [0.5, 0.6) is 5.75 Å². The fourth-order valence-electron chi connectivity index (χ4n) is 1.30. The Hall–Kier alpha value is -1.23. The van der Waals surface area contributed by atoms with E-state index in [1.165, 1.54) is 0 Å². The summed E-state index contributed by atoms with van der Waals surface area (Å²) in [6, 6.07) is 5.63. The summed E-state index contributed by atoms with van der Waals surface area (Å²) in [6.45, 7) is 2.91. The molecule has 0 atom stereocenters. The number of nitrogens with zero attached hydrogens (tertiary/aromatic N) is 1. The van der Waals surface area contributed by atoms with Crippen LogP contribution in [0, 0.1) is 0 Å². The van der Waals surface area contributed by atoms with Crippen molar-refractivity contribution in [2.24, 2.45) is 0 Å². The molecule has 0 aliphatic carbocycles. The van der Waals surface area contributed by atoms with Gasteiger partial charge >= 0.3 is 0 Å². The van der Waals surface area contributed by atoms with E-state index in [-0.39, 0.29) is 12.5 Å². The summed E-state index contributed by atoms with van der Waals surface area (Å²) in [5.74, 6) is 0.773. The lowest BCUT2D eigenvalue weighted by Gasteiger charge is -2.16. The van der Waals surface area contributed by atoms with Crippen molar-refractivity contribution in [2.45, 2.75) is 6.92 Å². The van der Waals surface area contributed by atoms with Crippen molar-refractivity contribution in [1.82, 2.24) is 4.90 Å². The maximum atomic E-state index is 11.6. The molecule has 1 N–H and O–H groups in total. The maximum absolute atomic E-state index is 11.6. The van der Waals surface area contributed by atoms with Crippen LogP contribution in [0.3, 0.4) is 0 Å². The number of ether oxygens (including phenoxy) is 1. The second-order valence-electron chi connectivity index (χ2n) is 3.61. The fourth-order valence-corrected chi connectivity index (χ4v) is 1.66. The van der Waals surface area contributed by atoms with E-state index < -0.39 is 0 Å². The first-order valence-corrected chi connectivity index (χ1v) is 6.19. The third-order valence-corrected chi connectivity index (χ3v) is 2.98. The molecular weight excluding hydrogens is 284 g/mol. The summed E-state index contributed by atoms with van der Waals surface area (Å²) in [6.07, 6.45) is 0. The summed E-state index contributed by atoms with van der Waals surface area (Å²) in [4.78, 5) is 13.3. The normalized spacial score (nSPS) is 9.88. The molecule has 0 unspecified atom stereocenters. The van der Waals surface area contributed by atoms with Gasteiger partial charge in [0.05, 0.1) is 19.3 Å². The second kappa shape index (κ2) is 6.49. The van der Waals surface area contributed by atoms with Crippen LogP contribution in [-0.2, 0) is 4.79 Å². The third-order valence-electron chi connectivity index (χ3n) is 2.49. The van der Waals surface area contributed by atoms with Crippen molar-refractivity contribution in [3.05, 3.63) is 22.7 Å². The van der Waals surface area contributed by atoms with E-state index in [2.05, 4.69) is 21.2 Å². The number of carbonyl (C=O) groups excluding carboxylic acids is 1. The minimum atomic E-state index is 0.0505. The van der Waals surface area contributed by atoms with Crippen molar-refractivity contribution < 1.29 is 9.53 Å². The second-order valence-corrected chi connectivity index (χ2v) is 4.52. The van der Waals surface area contributed by atoms with Crippen LogP contribution >= 0.6 is 15.9 Å². The van der Waals surface area contributed by atoms with Gasteiger partial charge in [-0.25, -0.2) is 0 Å². The smallest absolute Gasteiger partial charge is 0.241 e. The highest BCUT2D eigenvalue weighted by molar-refractivity contribution is 9.10. The zero-order chi connectivity index (χ0) is 12.8. The Kier molecular flexibility index (Phi) is 5.28.